The standard InChI is InChI=1S/C17H22N2O2S/c1-11(2)14-6-5-7-15(8-14)21-9-17(20)18-12(3)16-10-22-13(4)19-16/h5-8,10-12H,9H2,1-4H3,(H,18,20). The highest BCUT2D eigenvalue weighted by Crippen LogP contribution is 2.20. The van der Waals surface area contributed by atoms with Gasteiger partial charge in [0, 0.05) is 5.38 Å². The average Bonchev–Trinajstić information content (AvgIpc) is 2.92. The lowest BCUT2D eigenvalue weighted by molar-refractivity contribution is -0.123. The molecule has 1 unspecified atom stereocenters. The summed E-state index contributed by atoms with van der Waals surface area (Å²) in [6, 6.07) is 7.74. The Balaban J connectivity index is 1.86. The fourth-order valence-corrected chi connectivity index (χ4v) is 2.75. The summed E-state index contributed by atoms with van der Waals surface area (Å²) in [5.41, 5.74) is 2.09. The summed E-state index contributed by atoms with van der Waals surface area (Å²) in [5, 5.41) is 5.86. The van der Waals surface area contributed by atoms with Gasteiger partial charge in [0.25, 0.3) is 5.91 Å². The van der Waals surface area contributed by atoms with Crippen molar-refractivity contribution in [1.29, 1.82) is 0 Å². The normalized spacial score (nSPS) is 12.2. The molecule has 0 saturated heterocycles. The van der Waals surface area contributed by atoms with E-state index in [2.05, 4.69) is 30.2 Å². The van der Waals surface area contributed by atoms with Crippen LogP contribution in [0.1, 0.15) is 49.0 Å². The molecule has 1 amide bonds. The Kier molecular flexibility index (Phi) is 5.55. The molecule has 0 spiro atoms. The number of ether oxygens (including phenoxy) is 1. The number of carbonyl (C=O) groups excluding carboxylic acids is 1. The number of thiazole rings is 1. The zero-order valence-electron chi connectivity index (χ0n) is 13.4. The van der Waals surface area contributed by atoms with Crippen LogP contribution in [0.2, 0.25) is 0 Å². The number of benzene rings is 1. The summed E-state index contributed by atoms with van der Waals surface area (Å²) in [6.45, 7) is 8.14. The zero-order chi connectivity index (χ0) is 16.1. The second kappa shape index (κ2) is 7.40. The number of hydrogen-bond acceptors (Lipinski definition) is 4. The molecule has 2 aromatic rings. The molecule has 0 fully saturated rings. The van der Waals surface area contributed by atoms with Crippen LogP contribution in [0.25, 0.3) is 0 Å². The van der Waals surface area contributed by atoms with Crippen molar-refractivity contribution in [3.63, 3.8) is 0 Å². The van der Waals surface area contributed by atoms with Gasteiger partial charge in [-0.15, -0.1) is 11.3 Å². The predicted molar refractivity (Wildman–Crippen MR) is 89.4 cm³/mol. The van der Waals surface area contributed by atoms with Crippen LogP contribution in [0, 0.1) is 6.92 Å². The van der Waals surface area contributed by atoms with Crippen LogP contribution < -0.4 is 10.1 Å². The van der Waals surface area contributed by atoms with Crippen molar-refractivity contribution in [3.05, 3.63) is 45.9 Å². The van der Waals surface area contributed by atoms with Crippen LogP contribution in [0.3, 0.4) is 0 Å². The van der Waals surface area contributed by atoms with E-state index >= 15 is 0 Å². The minimum absolute atomic E-state index is 0.00894. The quantitative estimate of drug-likeness (QED) is 0.880. The molecule has 1 aromatic carbocycles. The van der Waals surface area contributed by atoms with Crippen LogP contribution >= 0.6 is 11.3 Å². The van der Waals surface area contributed by atoms with Crippen LogP contribution in [0.5, 0.6) is 5.75 Å². The molecule has 1 atom stereocenters. The zero-order valence-corrected chi connectivity index (χ0v) is 14.2. The molecule has 0 radical (unpaired) electrons. The maximum atomic E-state index is 12.0. The van der Waals surface area contributed by atoms with E-state index in [9.17, 15) is 4.79 Å². The van der Waals surface area contributed by atoms with E-state index in [1.807, 2.05) is 37.4 Å². The third-order valence-electron chi connectivity index (χ3n) is 3.35. The summed E-state index contributed by atoms with van der Waals surface area (Å²) < 4.78 is 5.57. The first-order valence-corrected chi connectivity index (χ1v) is 8.28. The Morgan fingerprint density at radius 2 is 2.14 bits per heavy atom. The summed E-state index contributed by atoms with van der Waals surface area (Å²) in [6.07, 6.45) is 0. The lowest BCUT2D eigenvalue weighted by Gasteiger charge is -2.13. The molecule has 2 rings (SSSR count). The predicted octanol–water partition coefficient (Wildman–Crippen LogP) is 3.83. The smallest absolute Gasteiger partial charge is 0.258 e. The molecule has 0 saturated carbocycles. The van der Waals surface area contributed by atoms with Gasteiger partial charge in [0.15, 0.2) is 6.61 Å². The van der Waals surface area contributed by atoms with Gasteiger partial charge in [0.05, 0.1) is 16.7 Å². The summed E-state index contributed by atoms with van der Waals surface area (Å²) >= 11 is 1.58. The van der Waals surface area contributed by atoms with Crippen molar-refractivity contribution in [3.8, 4) is 5.75 Å². The van der Waals surface area contributed by atoms with Gasteiger partial charge in [0.1, 0.15) is 5.75 Å². The highest BCUT2D eigenvalue weighted by molar-refractivity contribution is 7.09. The summed E-state index contributed by atoms with van der Waals surface area (Å²) in [5.74, 6) is 1.01. The fourth-order valence-electron chi connectivity index (χ4n) is 2.05. The highest BCUT2D eigenvalue weighted by Gasteiger charge is 2.12. The first-order chi connectivity index (χ1) is 10.5. The molecule has 0 aliphatic carbocycles. The lowest BCUT2D eigenvalue weighted by Crippen LogP contribution is -2.31. The monoisotopic (exact) mass is 318 g/mol. The maximum Gasteiger partial charge on any atom is 0.258 e. The Labute approximate surface area is 135 Å². The number of nitrogens with zero attached hydrogens (tertiary/aromatic N) is 1. The third kappa shape index (κ3) is 4.56. The van der Waals surface area contributed by atoms with E-state index in [1.54, 1.807) is 11.3 Å². The summed E-state index contributed by atoms with van der Waals surface area (Å²) in [7, 11) is 0. The number of amides is 1. The third-order valence-corrected chi connectivity index (χ3v) is 4.14. The van der Waals surface area contributed by atoms with Crippen molar-refractivity contribution in [1.82, 2.24) is 10.3 Å². The van der Waals surface area contributed by atoms with Crippen LogP contribution in [-0.2, 0) is 4.79 Å². The van der Waals surface area contributed by atoms with Gasteiger partial charge in [-0.1, -0.05) is 26.0 Å². The van der Waals surface area contributed by atoms with E-state index in [0.29, 0.717) is 5.92 Å². The molecule has 1 N–H and O–H groups in total. The van der Waals surface area contributed by atoms with Crippen molar-refractivity contribution in [2.45, 2.75) is 39.7 Å². The molecule has 0 aliphatic heterocycles. The number of carbonyl (C=O) groups is 1. The van der Waals surface area contributed by atoms with Crippen molar-refractivity contribution in [2.75, 3.05) is 6.61 Å². The number of hydrogen-bond donors (Lipinski definition) is 1. The van der Waals surface area contributed by atoms with Gasteiger partial charge in [0.2, 0.25) is 0 Å². The molecule has 1 aromatic heterocycles. The first-order valence-electron chi connectivity index (χ1n) is 7.40. The van der Waals surface area contributed by atoms with Crippen LogP contribution in [0.15, 0.2) is 29.6 Å². The molecular formula is C17H22N2O2S. The molecule has 0 aliphatic rings. The van der Waals surface area contributed by atoms with Crippen LogP contribution in [-0.4, -0.2) is 17.5 Å². The van der Waals surface area contributed by atoms with Gasteiger partial charge in [-0.3, -0.25) is 4.79 Å². The minimum atomic E-state index is -0.145. The van der Waals surface area contributed by atoms with Gasteiger partial charge in [-0.05, 0) is 37.5 Å². The fraction of sp³-hybridized carbons (Fsp3) is 0.412. The lowest BCUT2D eigenvalue weighted by atomic mass is 10.0. The highest BCUT2D eigenvalue weighted by atomic mass is 32.1. The molecule has 1 heterocycles. The van der Waals surface area contributed by atoms with E-state index in [4.69, 9.17) is 4.74 Å². The Bertz CT molecular complexity index is 637. The number of nitrogens with one attached hydrogen (secondary N) is 1. The summed E-state index contributed by atoms with van der Waals surface area (Å²) in [4.78, 5) is 16.3. The van der Waals surface area contributed by atoms with E-state index < -0.39 is 0 Å². The molecule has 5 heteroatoms. The molecule has 0 bridgehead atoms. The van der Waals surface area contributed by atoms with Crippen molar-refractivity contribution < 1.29 is 9.53 Å². The van der Waals surface area contributed by atoms with Gasteiger partial charge >= 0.3 is 0 Å². The van der Waals surface area contributed by atoms with E-state index in [-0.39, 0.29) is 18.6 Å². The Morgan fingerprint density at radius 1 is 1.36 bits per heavy atom. The Morgan fingerprint density at radius 3 is 2.77 bits per heavy atom. The van der Waals surface area contributed by atoms with Gasteiger partial charge in [-0.2, -0.15) is 0 Å². The second-order valence-corrected chi connectivity index (χ2v) is 6.66. The molecule has 22 heavy (non-hydrogen) atoms. The van der Waals surface area contributed by atoms with E-state index in [1.165, 1.54) is 5.56 Å². The topological polar surface area (TPSA) is 51.2 Å². The first kappa shape index (κ1) is 16.5. The number of aryl methyl sites for hydroxylation is 1. The number of aromatic nitrogens is 1. The largest absolute Gasteiger partial charge is 0.484 e. The maximum absolute atomic E-state index is 12.0. The number of rotatable bonds is 6. The SMILES string of the molecule is Cc1nc(C(C)NC(=O)COc2cccc(C(C)C)c2)cs1. The minimum Gasteiger partial charge on any atom is -0.484 e. The van der Waals surface area contributed by atoms with E-state index in [0.717, 1.165) is 16.5 Å². The van der Waals surface area contributed by atoms with Gasteiger partial charge in [-0.25, -0.2) is 4.98 Å². The second-order valence-electron chi connectivity index (χ2n) is 5.60. The van der Waals surface area contributed by atoms with Crippen molar-refractivity contribution in [2.24, 2.45) is 0 Å². The average molecular weight is 318 g/mol. The van der Waals surface area contributed by atoms with Crippen LogP contribution in [0.4, 0.5) is 0 Å². The molecule has 118 valence electrons. The Hall–Kier alpha value is -1.88. The van der Waals surface area contributed by atoms with Gasteiger partial charge < -0.3 is 10.1 Å². The van der Waals surface area contributed by atoms with Crippen molar-refractivity contribution >= 4 is 17.2 Å². The molecular weight excluding hydrogens is 296 g/mol. The molecule has 4 nitrogen and oxygen atoms in total.